The summed E-state index contributed by atoms with van der Waals surface area (Å²) in [5.41, 5.74) is 4.43. The number of para-hydroxylation sites is 2. The molecule has 174 valence electrons. The molecule has 0 N–H and O–H groups in total. The maximum Gasteiger partial charge on any atom is 0.178 e. The molecule has 6 nitrogen and oxygen atoms in total. The molecule has 3 heterocycles. The lowest BCUT2D eigenvalue weighted by molar-refractivity contribution is 0.483. The third-order valence-corrected chi connectivity index (χ3v) is 6.66. The van der Waals surface area contributed by atoms with Gasteiger partial charge in [0.25, 0.3) is 0 Å². The first-order valence-corrected chi connectivity index (χ1v) is 11.9. The summed E-state index contributed by atoms with van der Waals surface area (Å²) in [7, 11) is 2.02. The molecular formula is C30H23N5O. The summed E-state index contributed by atoms with van der Waals surface area (Å²) in [4.78, 5) is 13.3. The highest BCUT2D eigenvalue weighted by molar-refractivity contribution is 6.09. The minimum atomic E-state index is 0.686. The van der Waals surface area contributed by atoms with Gasteiger partial charge in [-0.1, -0.05) is 42.5 Å². The van der Waals surface area contributed by atoms with Gasteiger partial charge in [0.05, 0.1) is 17.7 Å². The van der Waals surface area contributed by atoms with Gasteiger partial charge in [0, 0.05) is 53.7 Å². The van der Waals surface area contributed by atoms with Crippen molar-refractivity contribution in [1.82, 2.24) is 14.5 Å². The summed E-state index contributed by atoms with van der Waals surface area (Å²) in [6, 6.07) is 33.4. The molecule has 0 radical (unpaired) electrons. The molecule has 36 heavy (non-hydrogen) atoms. The third-order valence-electron chi connectivity index (χ3n) is 6.66. The van der Waals surface area contributed by atoms with Crippen molar-refractivity contribution in [3.8, 4) is 17.2 Å². The molecular weight excluding hydrogens is 446 g/mol. The highest BCUT2D eigenvalue weighted by Crippen LogP contribution is 2.39. The van der Waals surface area contributed by atoms with Gasteiger partial charge >= 0.3 is 0 Å². The second kappa shape index (κ2) is 8.13. The van der Waals surface area contributed by atoms with Crippen LogP contribution < -0.4 is 14.5 Å². The van der Waals surface area contributed by atoms with E-state index in [0.717, 1.165) is 40.0 Å². The number of hydrogen-bond acceptors (Lipinski definition) is 5. The molecule has 0 unspecified atom stereocenters. The molecule has 6 heteroatoms. The summed E-state index contributed by atoms with van der Waals surface area (Å²) in [5, 5.41) is 2.42. The summed E-state index contributed by atoms with van der Waals surface area (Å²) < 4.78 is 8.69. The molecule has 0 atom stereocenters. The van der Waals surface area contributed by atoms with Gasteiger partial charge in [-0.05, 0) is 42.5 Å². The van der Waals surface area contributed by atoms with E-state index in [1.807, 2.05) is 31.3 Å². The zero-order chi connectivity index (χ0) is 24.1. The van der Waals surface area contributed by atoms with Crippen molar-refractivity contribution in [1.29, 1.82) is 0 Å². The van der Waals surface area contributed by atoms with Crippen LogP contribution in [0.1, 0.15) is 0 Å². The summed E-state index contributed by atoms with van der Waals surface area (Å²) in [6.45, 7) is 0.686. The lowest BCUT2D eigenvalue weighted by Gasteiger charge is -2.19. The molecule has 0 saturated carbocycles. The van der Waals surface area contributed by atoms with E-state index in [1.54, 1.807) is 12.4 Å². The standard InChI is InChI=1S/C30H23N5O/c1-33-20-34(30-29(33)31-16-17-32-30)22-10-7-11-23(18-22)36-24-14-15-26-25-12-5-6-13-27(25)35(28(26)19-24)21-8-3-2-4-9-21/h2-19H,20H2,1H3. The van der Waals surface area contributed by atoms with Crippen LogP contribution in [0.3, 0.4) is 0 Å². The molecule has 0 spiro atoms. The number of anilines is 3. The molecule has 6 aromatic rings. The maximum atomic E-state index is 6.40. The SMILES string of the molecule is CN1CN(c2cccc(Oc3ccc4c5ccccc5n(-c5ccccc5)c4c3)c2)c2nccnc21. The Morgan fingerprint density at radius 2 is 1.36 bits per heavy atom. The minimum Gasteiger partial charge on any atom is -0.457 e. The summed E-state index contributed by atoms with van der Waals surface area (Å²) in [6.07, 6.45) is 3.45. The molecule has 0 aliphatic carbocycles. The van der Waals surface area contributed by atoms with Crippen LogP contribution >= 0.6 is 0 Å². The zero-order valence-electron chi connectivity index (χ0n) is 19.7. The molecule has 4 aromatic carbocycles. The van der Waals surface area contributed by atoms with Crippen molar-refractivity contribution in [3.63, 3.8) is 0 Å². The number of ether oxygens (including phenoxy) is 1. The van der Waals surface area contributed by atoms with Gasteiger partial charge in [0.15, 0.2) is 11.6 Å². The Bertz CT molecular complexity index is 1730. The van der Waals surface area contributed by atoms with Crippen molar-refractivity contribution >= 4 is 39.1 Å². The van der Waals surface area contributed by atoms with Gasteiger partial charge in [-0.25, -0.2) is 9.97 Å². The lowest BCUT2D eigenvalue weighted by Crippen LogP contribution is -2.24. The maximum absolute atomic E-state index is 6.40. The first-order valence-electron chi connectivity index (χ1n) is 11.9. The Morgan fingerprint density at radius 1 is 0.639 bits per heavy atom. The van der Waals surface area contributed by atoms with Crippen LogP contribution in [-0.2, 0) is 0 Å². The second-order valence-electron chi connectivity index (χ2n) is 8.94. The number of benzene rings is 4. The molecule has 0 fully saturated rings. The van der Waals surface area contributed by atoms with Crippen molar-refractivity contribution in [2.45, 2.75) is 0 Å². The number of aromatic nitrogens is 3. The molecule has 0 bridgehead atoms. The quantitative estimate of drug-likeness (QED) is 0.281. The van der Waals surface area contributed by atoms with E-state index in [4.69, 9.17) is 4.74 Å². The largest absolute Gasteiger partial charge is 0.457 e. The fraction of sp³-hybridized carbons (Fsp3) is 0.0667. The fourth-order valence-corrected chi connectivity index (χ4v) is 5.05. The summed E-state index contributed by atoms with van der Waals surface area (Å²) >= 11 is 0. The normalized spacial score (nSPS) is 12.9. The van der Waals surface area contributed by atoms with Crippen molar-refractivity contribution in [2.24, 2.45) is 0 Å². The van der Waals surface area contributed by atoms with E-state index in [-0.39, 0.29) is 0 Å². The average Bonchev–Trinajstić information content (AvgIpc) is 3.44. The van der Waals surface area contributed by atoms with E-state index in [1.165, 1.54) is 16.3 Å². The van der Waals surface area contributed by atoms with Gasteiger partial charge in [-0.3, -0.25) is 0 Å². The van der Waals surface area contributed by atoms with E-state index in [2.05, 4.69) is 97.1 Å². The number of fused-ring (bicyclic) bond motifs is 4. The monoisotopic (exact) mass is 469 g/mol. The predicted molar refractivity (Wildman–Crippen MR) is 145 cm³/mol. The molecule has 1 aliphatic rings. The molecule has 1 aliphatic heterocycles. The van der Waals surface area contributed by atoms with Crippen molar-refractivity contribution < 1.29 is 4.74 Å². The van der Waals surface area contributed by atoms with Crippen LogP contribution in [0.25, 0.3) is 27.5 Å². The molecule has 0 amide bonds. The summed E-state index contributed by atoms with van der Waals surface area (Å²) in [5.74, 6) is 3.29. The molecule has 7 rings (SSSR count). The van der Waals surface area contributed by atoms with Crippen LogP contribution in [0.2, 0.25) is 0 Å². The fourth-order valence-electron chi connectivity index (χ4n) is 5.05. The Morgan fingerprint density at radius 3 is 2.25 bits per heavy atom. The van der Waals surface area contributed by atoms with Crippen LogP contribution in [0, 0.1) is 0 Å². The van der Waals surface area contributed by atoms with Gasteiger partial charge in [0.2, 0.25) is 0 Å². The van der Waals surface area contributed by atoms with Crippen LogP contribution in [-0.4, -0.2) is 28.3 Å². The smallest absolute Gasteiger partial charge is 0.178 e. The van der Waals surface area contributed by atoms with Crippen LogP contribution in [0.5, 0.6) is 11.5 Å². The van der Waals surface area contributed by atoms with Gasteiger partial charge in [-0.15, -0.1) is 0 Å². The third kappa shape index (κ3) is 3.26. The van der Waals surface area contributed by atoms with Gasteiger partial charge in [0.1, 0.15) is 11.5 Å². The van der Waals surface area contributed by atoms with E-state index < -0.39 is 0 Å². The Kier molecular flexibility index (Phi) is 4.64. The van der Waals surface area contributed by atoms with Gasteiger partial charge in [-0.2, -0.15) is 0 Å². The highest BCUT2D eigenvalue weighted by Gasteiger charge is 2.27. The highest BCUT2D eigenvalue weighted by atomic mass is 16.5. The minimum absolute atomic E-state index is 0.686. The first kappa shape index (κ1) is 20.5. The zero-order valence-corrected chi connectivity index (χ0v) is 19.7. The van der Waals surface area contributed by atoms with E-state index in [9.17, 15) is 0 Å². The topological polar surface area (TPSA) is 46.4 Å². The number of rotatable bonds is 4. The number of hydrogen-bond donors (Lipinski definition) is 0. The lowest BCUT2D eigenvalue weighted by atomic mass is 10.1. The Labute approximate surface area is 208 Å². The van der Waals surface area contributed by atoms with E-state index in [0.29, 0.717) is 6.67 Å². The molecule has 2 aromatic heterocycles. The molecule has 0 saturated heterocycles. The predicted octanol–water partition coefficient (Wildman–Crippen LogP) is 6.91. The Hall–Kier alpha value is -4.84. The van der Waals surface area contributed by atoms with Gasteiger partial charge < -0.3 is 19.1 Å². The van der Waals surface area contributed by atoms with E-state index >= 15 is 0 Å². The Balaban J connectivity index is 1.29. The second-order valence-corrected chi connectivity index (χ2v) is 8.94. The average molecular weight is 470 g/mol. The van der Waals surface area contributed by atoms with Crippen molar-refractivity contribution in [3.05, 3.63) is 109 Å². The van der Waals surface area contributed by atoms with Crippen LogP contribution in [0.4, 0.5) is 17.3 Å². The first-order chi connectivity index (χ1) is 17.8. The van der Waals surface area contributed by atoms with Crippen molar-refractivity contribution in [2.75, 3.05) is 23.5 Å². The number of nitrogens with zero attached hydrogens (tertiary/aromatic N) is 5. The van der Waals surface area contributed by atoms with Crippen LogP contribution in [0.15, 0.2) is 109 Å².